The van der Waals surface area contributed by atoms with Crippen LogP contribution in [0.1, 0.15) is 30.0 Å². The third kappa shape index (κ3) is 2.95. The Morgan fingerprint density at radius 2 is 1.92 bits per heavy atom. The monoisotopic (exact) mass is 339 g/mol. The molecule has 0 saturated carbocycles. The van der Waals surface area contributed by atoms with E-state index in [4.69, 9.17) is 16.0 Å². The average Bonchev–Trinajstić information content (AvgIpc) is 3.11. The summed E-state index contributed by atoms with van der Waals surface area (Å²) in [5, 5.41) is 9.10. The first kappa shape index (κ1) is 15.4. The SMILES string of the molecule is C[C@@H](c1nnc(-c2cccc(Cl)c2)o1)N1CCc2ccccc2C1. The summed E-state index contributed by atoms with van der Waals surface area (Å²) in [6, 6.07) is 16.2. The normalized spacial score (nSPS) is 15.9. The van der Waals surface area contributed by atoms with Gasteiger partial charge in [-0.15, -0.1) is 10.2 Å². The lowest BCUT2D eigenvalue weighted by Gasteiger charge is -2.31. The third-order valence-electron chi connectivity index (χ3n) is 4.58. The maximum atomic E-state index is 6.04. The highest BCUT2D eigenvalue weighted by Crippen LogP contribution is 2.29. The van der Waals surface area contributed by atoms with Gasteiger partial charge in [0.1, 0.15) is 0 Å². The Kier molecular flexibility index (Phi) is 4.08. The molecule has 122 valence electrons. The second-order valence-electron chi connectivity index (χ2n) is 6.12. The minimum Gasteiger partial charge on any atom is -0.419 e. The Morgan fingerprint density at radius 1 is 1.08 bits per heavy atom. The average molecular weight is 340 g/mol. The van der Waals surface area contributed by atoms with Crippen molar-refractivity contribution in [2.75, 3.05) is 6.54 Å². The van der Waals surface area contributed by atoms with Crippen LogP contribution in [0.4, 0.5) is 0 Å². The van der Waals surface area contributed by atoms with Crippen molar-refractivity contribution in [1.29, 1.82) is 0 Å². The van der Waals surface area contributed by atoms with Gasteiger partial charge in [-0.25, -0.2) is 0 Å². The molecule has 4 rings (SSSR count). The zero-order valence-corrected chi connectivity index (χ0v) is 14.2. The molecule has 0 spiro atoms. The number of hydrogen-bond donors (Lipinski definition) is 0. The van der Waals surface area contributed by atoms with Gasteiger partial charge in [-0.3, -0.25) is 4.90 Å². The molecule has 5 heteroatoms. The molecule has 1 aromatic heterocycles. The van der Waals surface area contributed by atoms with Gasteiger partial charge in [0.25, 0.3) is 0 Å². The first-order valence-electron chi connectivity index (χ1n) is 8.11. The van der Waals surface area contributed by atoms with Crippen molar-refractivity contribution in [1.82, 2.24) is 15.1 Å². The van der Waals surface area contributed by atoms with Gasteiger partial charge in [0.05, 0.1) is 6.04 Å². The van der Waals surface area contributed by atoms with E-state index >= 15 is 0 Å². The molecule has 1 atom stereocenters. The summed E-state index contributed by atoms with van der Waals surface area (Å²) in [5.41, 5.74) is 3.66. The van der Waals surface area contributed by atoms with E-state index in [-0.39, 0.29) is 6.04 Å². The van der Waals surface area contributed by atoms with E-state index in [0.29, 0.717) is 16.8 Å². The largest absolute Gasteiger partial charge is 0.419 e. The van der Waals surface area contributed by atoms with Crippen LogP contribution >= 0.6 is 11.6 Å². The van der Waals surface area contributed by atoms with Gasteiger partial charge in [0.2, 0.25) is 11.8 Å². The van der Waals surface area contributed by atoms with Crippen molar-refractivity contribution in [3.8, 4) is 11.5 Å². The van der Waals surface area contributed by atoms with Crippen LogP contribution in [0.25, 0.3) is 11.5 Å². The zero-order chi connectivity index (χ0) is 16.5. The van der Waals surface area contributed by atoms with E-state index in [1.165, 1.54) is 11.1 Å². The summed E-state index contributed by atoms with van der Waals surface area (Å²) >= 11 is 6.04. The van der Waals surface area contributed by atoms with Gasteiger partial charge < -0.3 is 4.42 Å². The summed E-state index contributed by atoms with van der Waals surface area (Å²) in [4.78, 5) is 2.37. The molecule has 0 aliphatic carbocycles. The molecule has 0 radical (unpaired) electrons. The summed E-state index contributed by atoms with van der Waals surface area (Å²) in [5.74, 6) is 1.15. The predicted octanol–water partition coefficient (Wildman–Crippen LogP) is 4.51. The Balaban J connectivity index is 1.55. The highest BCUT2D eigenvalue weighted by Gasteiger charge is 2.25. The molecule has 4 nitrogen and oxygen atoms in total. The third-order valence-corrected chi connectivity index (χ3v) is 4.81. The first-order chi connectivity index (χ1) is 11.7. The highest BCUT2D eigenvalue weighted by atomic mass is 35.5. The minimum absolute atomic E-state index is 0.0822. The maximum Gasteiger partial charge on any atom is 0.247 e. The molecular formula is C19H18ClN3O. The second kappa shape index (κ2) is 6.38. The Labute approximate surface area is 146 Å². The van der Waals surface area contributed by atoms with E-state index in [0.717, 1.165) is 25.1 Å². The number of halogens is 1. The van der Waals surface area contributed by atoms with Crippen LogP contribution in [-0.2, 0) is 13.0 Å². The smallest absolute Gasteiger partial charge is 0.247 e. The summed E-state index contributed by atoms with van der Waals surface area (Å²) in [7, 11) is 0. The fourth-order valence-corrected chi connectivity index (χ4v) is 3.34. The van der Waals surface area contributed by atoms with Crippen molar-refractivity contribution in [3.63, 3.8) is 0 Å². The highest BCUT2D eigenvalue weighted by molar-refractivity contribution is 6.30. The standard InChI is InChI=1S/C19H18ClN3O/c1-13(23-10-9-14-5-2-3-6-16(14)12-23)18-21-22-19(24-18)15-7-4-8-17(20)11-15/h2-8,11,13H,9-10,12H2,1H3/t13-/m0/s1. The zero-order valence-electron chi connectivity index (χ0n) is 13.4. The number of hydrogen-bond acceptors (Lipinski definition) is 4. The van der Waals surface area contributed by atoms with E-state index in [9.17, 15) is 0 Å². The number of nitrogens with zero attached hydrogens (tertiary/aromatic N) is 3. The fraction of sp³-hybridized carbons (Fsp3) is 0.263. The Morgan fingerprint density at radius 3 is 2.75 bits per heavy atom. The molecular weight excluding hydrogens is 322 g/mol. The van der Waals surface area contributed by atoms with Gasteiger partial charge >= 0.3 is 0 Å². The number of rotatable bonds is 3. The molecule has 2 aromatic carbocycles. The molecule has 2 heterocycles. The predicted molar refractivity (Wildman–Crippen MR) is 93.7 cm³/mol. The molecule has 0 unspecified atom stereocenters. The number of aromatic nitrogens is 2. The van der Waals surface area contributed by atoms with Crippen LogP contribution in [0.3, 0.4) is 0 Å². The number of fused-ring (bicyclic) bond motifs is 1. The fourth-order valence-electron chi connectivity index (χ4n) is 3.15. The van der Waals surface area contributed by atoms with Crippen molar-refractivity contribution >= 4 is 11.6 Å². The van der Waals surface area contributed by atoms with E-state index in [1.54, 1.807) is 0 Å². The van der Waals surface area contributed by atoms with E-state index in [1.807, 2.05) is 24.3 Å². The Bertz CT molecular complexity index is 861. The summed E-state index contributed by atoms with van der Waals surface area (Å²) in [6.07, 6.45) is 1.05. The van der Waals surface area contributed by atoms with Crippen LogP contribution in [0.2, 0.25) is 5.02 Å². The van der Waals surface area contributed by atoms with Crippen molar-refractivity contribution in [3.05, 3.63) is 70.6 Å². The summed E-state index contributed by atoms with van der Waals surface area (Å²) in [6.45, 7) is 4.02. The van der Waals surface area contributed by atoms with Gasteiger partial charge in [0, 0.05) is 23.7 Å². The second-order valence-corrected chi connectivity index (χ2v) is 6.56. The van der Waals surface area contributed by atoms with Crippen LogP contribution in [0, 0.1) is 0 Å². The van der Waals surface area contributed by atoms with E-state index < -0.39 is 0 Å². The lowest BCUT2D eigenvalue weighted by molar-refractivity contribution is 0.167. The van der Waals surface area contributed by atoms with Gasteiger partial charge in [-0.1, -0.05) is 41.9 Å². The summed E-state index contributed by atoms with van der Waals surface area (Å²) < 4.78 is 5.91. The molecule has 0 N–H and O–H groups in total. The molecule has 1 aliphatic heterocycles. The lowest BCUT2D eigenvalue weighted by Crippen LogP contribution is -2.33. The molecule has 3 aromatic rings. The quantitative estimate of drug-likeness (QED) is 0.704. The van der Waals surface area contributed by atoms with Gasteiger partial charge in [-0.05, 0) is 42.7 Å². The van der Waals surface area contributed by atoms with Gasteiger partial charge in [0.15, 0.2) is 0 Å². The maximum absolute atomic E-state index is 6.04. The van der Waals surface area contributed by atoms with Crippen LogP contribution in [0.15, 0.2) is 52.9 Å². The molecule has 24 heavy (non-hydrogen) atoms. The molecule has 0 saturated heterocycles. The van der Waals surface area contributed by atoms with Gasteiger partial charge in [-0.2, -0.15) is 0 Å². The van der Waals surface area contributed by atoms with E-state index in [2.05, 4.69) is 46.3 Å². The van der Waals surface area contributed by atoms with Crippen LogP contribution in [0.5, 0.6) is 0 Å². The Hall–Kier alpha value is -2.17. The lowest BCUT2D eigenvalue weighted by atomic mass is 9.99. The van der Waals surface area contributed by atoms with Crippen molar-refractivity contribution in [2.24, 2.45) is 0 Å². The van der Waals surface area contributed by atoms with Crippen molar-refractivity contribution in [2.45, 2.75) is 25.9 Å². The molecule has 0 fully saturated rings. The first-order valence-corrected chi connectivity index (χ1v) is 8.48. The topological polar surface area (TPSA) is 42.2 Å². The molecule has 1 aliphatic rings. The molecule has 0 bridgehead atoms. The number of benzene rings is 2. The van der Waals surface area contributed by atoms with Crippen LogP contribution < -0.4 is 0 Å². The molecule has 0 amide bonds. The minimum atomic E-state index is 0.0822. The van der Waals surface area contributed by atoms with Crippen molar-refractivity contribution < 1.29 is 4.42 Å². The van der Waals surface area contributed by atoms with Crippen LogP contribution in [-0.4, -0.2) is 21.6 Å².